The average Bonchev–Trinajstić information content (AvgIpc) is 2.12. The van der Waals surface area contributed by atoms with Crippen molar-refractivity contribution in [3.63, 3.8) is 0 Å². The first kappa shape index (κ1) is 12.4. The molecule has 0 aromatic heterocycles. The van der Waals surface area contributed by atoms with Crippen LogP contribution in [0.1, 0.15) is 24.2 Å². The Kier molecular flexibility index (Phi) is 3.82. The number of aromatic hydroxyl groups is 1. The number of nitrogens with one attached hydrogen (secondary N) is 1. The summed E-state index contributed by atoms with van der Waals surface area (Å²) in [5.74, 6) is -3.23. The molecule has 2 N–H and O–H groups in total. The molecule has 0 aliphatic heterocycles. The molecule has 0 bridgehead atoms. The first-order chi connectivity index (χ1) is 7.41. The van der Waals surface area contributed by atoms with Gasteiger partial charge in [0.05, 0.1) is 0 Å². The molecular formula is C11H13F2NO2. The minimum absolute atomic E-state index is 0.203. The number of carbonyl (C=O) groups is 1. The van der Waals surface area contributed by atoms with E-state index in [2.05, 4.69) is 5.32 Å². The average molecular weight is 229 g/mol. The summed E-state index contributed by atoms with van der Waals surface area (Å²) in [6.45, 7) is 4.11. The van der Waals surface area contributed by atoms with Crippen molar-refractivity contribution >= 4 is 5.91 Å². The van der Waals surface area contributed by atoms with Crippen LogP contribution in [0.2, 0.25) is 0 Å². The van der Waals surface area contributed by atoms with Crippen molar-refractivity contribution in [2.75, 3.05) is 6.54 Å². The van der Waals surface area contributed by atoms with Crippen LogP contribution in [0.25, 0.3) is 0 Å². The molecule has 1 rings (SSSR count). The standard InChI is InChI=1S/C11H13F2NO2/c1-6(2)5-14-11(16)10-8(13)3-7(12)4-9(10)15/h3-4,6,15H,5H2,1-2H3,(H,14,16). The van der Waals surface area contributed by atoms with Gasteiger partial charge in [-0.1, -0.05) is 13.8 Å². The molecule has 88 valence electrons. The Morgan fingerprint density at radius 1 is 1.44 bits per heavy atom. The Bertz CT molecular complexity index is 382. The number of amides is 1. The van der Waals surface area contributed by atoms with Crippen molar-refractivity contribution in [3.8, 4) is 5.75 Å². The van der Waals surface area contributed by atoms with Crippen LogP contribution in [0.15, 0.2) is 12.1 Å². The maximum absolute atomic E-state index is 13.2. The molecule has 0 fully saturated rings. The van der Waals surface area contributed by atoms with E-state index in [-0.39, 0.29) is 5.92 Å². The molecule has 0 saturated carbocycles. The van der Waals surface area contributed by atoms with Gasteiger partial charge in [-0.3, -0.25) is 4.79 Å². The van der Waals surface area contributed by atoms with Crippen LogP contribution in [0.3, 0.4) is 0 Å². The van der Waals surface area contributed by atoms with Gasteiger partial charge in [0.1, 0.15) is 22.9 Å². The molecule has 0 aliphatic carbocycles. The zero-order valence-electron chi connectivity index (χ0n) is 9.05. The molecule has 0 atom stereocenters. The monoisotopic (exact) mass is 229 g/mol. The fourth-order valence-corrected chi connectivity index (χ4v) is 1.17. The smallest absolute Gasteiger partial charge is 0.258 e. The number of hydrogen-bond donors (Lipinski definition) is 2. The van der Waals surface area contributed by atoms with E-state index in [1.807, 2.05) is 13.8 Å². The molecule has 0 heterocycles. The maximum Gasteiger partial charge on any atom is 0.258 e. The molecule has 1 amide bonds. The Morgan fingerprint density at radius 2 is 2.06 bits per heavy atom. The zero-order chi connectivity index (χ0) is 12.3. The van der Waals surface area contributed by atoms with E-state index in [1.165, 1.54) is 0 Å². The lowest BCUT2D eigenvalue weighted by Crippen LogP contribution is -2.28. The molecule has 16 heavy (non-hydrogen) atoms. The first-order valence-electron chi connectivity index (χ1n) is 4.88. The van der Waals surface area contributed by atoms with Gasteiger partial charge < -0.3 is 10.4 Å². The van der Waals surface area contributed by atoms with Gasteiger partial charge in [0.25, 0.3) is 5.91 Å². The van der Waals surface area contributed by atoms with E-state index in [1.54, 1.807) is 0 Å². The first-order valence-corrected chi connectivity index (χ1v) is 4.88. The van der Waals surface area contributed by atoms with Gasteiger partial charge in [0, 0.05) is 18.7 Å². The second-order valence-electron chi connectivity index (χ2n) is 3.89. The normalized spacial score (nSPS) is 10.6. The molecule has 0 spiro atoms. The van der Waals surface area contributed by atoms with Crippen molar-refractivity contribution in [2.24, 2.45) is 5.92 Å². The van der Waals surface area contributed by atoms with Crippen LogP contribution in [-0.2, 0) is 0 Å². The van der Waals surface area contributed by atoms with Crippen molar-refractivity contribution in [3.05, 3.63) is 29.3 Å². The van der Waals surface area contributed by atoms with Gasteiger partial charge in [0.15, 0.2) is 0 Å². The largest absolute Gasteiger partial charge is 0.507 e. The summed E-state index contributed by atoms with van der Waals surface area (Å²) in [7, 11) is 0. The van der Waals surface area contributed by atoms with Crippen molar-refractivity contribution in [1.82, 2.24) is 5.32 Å². The Hall–Kier alpha value is -1.65. The minimum atomic E-state index is -1.07. The Balaban J connectivity index is 2.91. The number of hydrogen-bond acceptors (Lipinski definition) is 2. The summed E-state index contributed by atoms with van der Waals surface area (Å²) in [6, 6.07) is 1.26. The molecule has 0 aliphatic rings. The molecular weight excluding hydrogens is 216 g/mol. The lowest BCUT2D eigenvalue weighted by Gasteiger charge is -2.09. The van der Waals surface area contributed by atoms with Crippen molar-refractivity contribution < 1.29 is 18.7 Å². The van der Waals surface area contributed by atoms with Gasteiger partial charge in [0.2, 0.25) is 0 Å². The molecule has 1 aromatic carbocycles. The summed E-state index contributed by atoms with van der Waals surface area (Å²) >= 11 is 0. The number of rotatable bonds is 3. The number of phenols is 1. The van der Waals surface area contributed by atoms with Crippen LogP contribution >= 0.6 is 0 Å². The van der Waals surface area contributed by atoms with E-state index >= 15 is 0 Å². The van der Waals surface area contributed by atoms with Gasteiger partial charge in [-0.05, 0) is 5.92 Å². The number of phenolic OH excluding ortho intramolecular Hbond substituents is 1. The van der Waals surface area contributed by atoms with Gasteiger partial charge in [-0.2, -0.15) is 0 Å². The fourth-order valence-electron chi connectivity index (χ4n) is 1.17. The highest BCUT2D eigenvalue weighted by molar-refractivity contribution is 5.97. The number of benzene rings is 1. The Morgan fingerprint density at radius 3 is 2.56 bits per heavy atom. The number of halogens is 2. The lowest BCUT2D eigenvalue weighted by atomic mass is 10.1. The highest BCUT2D eigenvalue weighted by atomic mass is 19.1. The quantitative estimate of drug-likeness (QED) is 0.833. The van der Waals surface area contributed by atoms with Gasteiger partial charge >= 0.3 is 0 Å². The molecule has 3 nitrogen and oxygen atoms in total. The molecule has 0 unspecified atom stereocenters. The van der Waals surface area contributed by atoms with E-state index in [0.29, 0.717) is 18.7 Å². The van der Waals surface area contributed by atoms with E-state index in [4.69, 9.17) is 0 Å². The van der Waals surface area contributed by atoms with Crippen LogP contribution < -0.4 is 5.32 Å². The summed E-state index contributed by atoms with van der Waals surface area (Å²) in [6.07, 6.45) is 0. The topological polar surface area (TPSA) is 49.3 Å². The molecule has 5 heteroatoms. The lowest BCUT2D eigenvalue weighted by molar-refractivity contribution is 0.0942. The van der Waals surface area contributed by atoms with Crippen LogP contribution in [-0.4, -0.2) is 17.6 Å². The van der Waals surface area contributed by atoms with Gasteiger partial charge in [-0.25, -0.2) is 8.78 Å². The fraction of sp³-hybridized carbons (Fsp3) is 0.364. The van der Waals surface area contributed by atoms with Crippen molar-refractivity contribution in [1.29, 1.82) is 0 Å². The second-order valence-corrected chi connectivity index (χ2v) is 3.89. The van der Waals surface area contributed by atoms with Crippen LogP contribution in [0.4, 0.5) is 8.78 Å². The van der Waals surface area contributed by atoms with E-state index < -0.39 is 28.9 Å². The van der Waals surface area contributed by atoms with E-state index in [9.17, 15) is 18.7 Å². The predicted octanol–water partition coefficient (Wildman–Crippen LogP) is 2.06. The van der Waals surface area contributed by atoms with Gasteiger partial charge in [-0.15, -0.1) is 0 Å². The Labute approximate surface area is 92.1 Å². The molecule has 0 radical (unpaired) electrons. The third-order valence-electron chi connectivity index (χ3n) is 1.93. The summed E-state index contributed by atoms with van der Waals surface area (Å²) < 4.78 is 25.9. The van der Waals surface area contributed by atoms with E-state index in [0.717, 1.165) is 0 Å². The third-order valence-corrected chi connectivity index (χ3v) is 1.93. The summed E-state index contributed by atoms with van der Waals surface area (Å²) in [4.78, 5) is 11.5. The number of carbonyl (C=O) groups excluding carboxylic acids is 1. The summed E-state index contributed by atoms with van der Waals surface area (Å²) in [5, 5.41) is 11.7. The highest BCUT2D eigenvalue weighted by Gasteiger charge is 2.18. The van der Waals surface area contributed by atoms with Crippen molar-refractivity contribution in [2.45, 2.75) is 13.8 Å². The molecule has 0 saturated heterocycles. The SMILES string of the molecule is CC(C)CNC(=O)c1c(O)cc(F)cc1F. The zero-order valence-corrected chi connectivity index (χ0v) is 9.05. The molecule has 1 aromatic rings. The van der Waals surface area contributed by atoms with Crippen LogP contribution in [0, 0.1) is 17.6 Å². The van der Waals surface area contributed by atoms with Crippen LogP contribution in [0.5, 0.6) is 5.75 Å². The predicted molar refractivity (Wildman–Crippen MR) is 55.2 cm³/mol. The minimum Gasteiger partial charge on any atom is -0.507 e. The summed E-state index contributed by atoms with van der Waals surface area (Å²) in [5.41, 5.74) is -0.526. The second kappa shape index (κ2) is 4.92. The maximum atomic E-state index is 13.2. The third kappa shape index (κ3) is 2.92. The highest BCUT2D eigenvalue weighted by Crippen LogP contribution is 2.21.